The molecular weight excluding hydrogens is 180 g/mol. The molecule has 0 saturated carbocycles. The van der Waals surface area contributed by atoms with E-state index in [1.165, 1.54) is 0 Å². The summed E-state index contributed by atoms with van der Waals surface area (Å²) in [5.74, 6) is -2.95. The maximum atomic E-state index is 10.6. The molecule has 6 nitrogen and oxygen atoms in total. The minimum absolute atomic E-state index is 0.190. The Hall–Kier alpha value is -1.59. The zero-order chi connectivity index (χ0) is 10.3. The second-order valence-electron chi connectivity index (χ2n) is 2.04. The Morgan fingerprint density at radius 1 is 1.15 bits per heavy atom. The van der Waals surface area contributed by atoms with Crippen molar-refractivity contribution in [2.75, 3.05) is 13.2 Å². The van der Waals surface area contributed by atoms with Gasteiger partial charge in [0.1, 0.15) is 6.42 Å². The number of hydrogen-bond acceptors (Lipinski definition) is 5. The molecule has 0 aromatic carbocycles. The van der Waals surface area contributed by atoms with E-state index in [9.17, 15) is 14.4 Å². The van der Waals surface area contributed by atoms with Gasteiger partial charge < -0.3 is 14.6 Å². The Kier molecular flexibility index (Phi) is 5.25. The summed E-state index contributed by atoms with van der Waals surface area (Å²) in [5, 5.41) is 8.14. The standard InChI is InChI=1S/C7H10O6/c1-2-12-7(11)4-13-6(10)3-5(8)9/h2-4H2,1H3,(H,8,9). The largest absolute Gasteiger partial charge is 0.481 e. The Bertz CT molecular complexity index is 209. The van der Waals surface area contributed by atoms with Crippen LogP contribution in [0, 0.1) is 0 Å². The lowest BCUT2D eigenvalue weighted by Gasteiger charge is -2.02. The van der Waals surface area contributed by atoms with Crippen LogP contribution in [0.4, 0.5) is 0 Å². The Balaban J connectivity index is 3.58. The molecule has 0 aliphatic carbocycles. The number of carboxylic acid groups (broad SMARTS) is 1. The van der Waals surface area contributed by atoms with Gasteiger partial charge in [0, 0.05) is 0 Å². The molecule has 0 unspecified atom stereocenters. The summed E-state index contributed by atoms with van der Waals surface area (Å²) in [7, 11) is 0. The van der Waals surface area contributed by atoms with Gasteiger partial charge in [0.15, 0.2) is 6.61 Å². The molecule has 6 heteroatoms. The van der Waals surface area contributed by atoms with E-state index in [2.05, 4.69) is 9.47 Å². The quantitative estimate of drug-likeness (QED) is 0.467. The predicted molar refractivity (Wildman–Crippen MR) is 39.8 cm³/mol. The van der Waals surface area contributed by atoms with Crippen molar-refractivity contribution in [2.24, 2.45) is 0 Å². The van der Waals surface area contributed by atoms with E-state index in [-0.39, 0.29) is 6.61 Å². The van der Waals surface area contributed by atoms with Crippen molar-refractivity contribution >= 4 is 17.9 Å². The van der Waals surface area contributed by atoms with Gasteiger partial charge in [-0.05, 0) is 6.92 Å². The molecule has 0 rings (SSSR count). The van der Waals surface area contributed by atoms with E-state index in [1.54, 1.807) is 6.92 Å². The number of carbonyl (C=O) groups excluding carboxylic acids is 2. The van der Waals surface area contributed by atoms with Gasteiger partial charge in [-0.25, -0.2) is 4.79 Å². The van der Waals surface area contributed by atoms with Gasteiger partial charge in [-0.2, -0.15) is 0 Å². The Morgan fingerprint density at radius 2 is 1.77 bits per heavy atom. The summed E-state index contributed by atoms with van der Waals surface area (Å²) < 4.78 is 8.71. The first kappa shape index (κ1) is 11.4. The Morgan fingerprint density at radius 3 is 2.23 bits per heavy atom. The maximum absolute atomic E-state index is 10.6. The van der Waals surface area contributed by atoms with Crippen LogP contribution in [0.25, 0.3) is 0 Å². The number of carbonyl (C=O) groups is 3. The van der Waals surface area contributed by atoms with Crippen LogP contribution in [-0.4, -0.2) is 36.2 Å². The minimum Gasteiger partial charge on any atom is -0.481 e. The average molecular weight is 190 g/mol. The van der Waals surface area contributed by atoms with Crippen LogP contribution in [0.15, 0.2) is 0 Å². The fourth-order valence-electron chi connectivity index (χ4n) is 0.517. The van der Waals surface area contributed by atoms with E-state index >= 15 is 0 Å². The lowest BCUT2D eigenvalue weighted by atomic mass is 10.4. The van der Waals surface area contributed by atoms with Gasteiger partial charge in [0.2, 0.25) is 0 Å². The minimum atomic E-state index is -1.30. The average Bonchev–Trinajstić information content (AvgIpc) is 2.00. The van der Waals surface area contributed by atoms with Gasteiger partial charge in [-0.15, -0.1) is 0 Å². The maximum Gasteiger partial charge on any atom is 0.344 e. The van der Waals surface area contributed by atoms with E-state index in [4.69, 9.17) is 5.11 Å². The third-order valence-electron chi connectivity index (χ3n) is 0.952. The van der Waals surface area contributed by atoms with Crippen molar-refractivity contribution in [3.63, 3.8) is 0 Å². The molecule has 74 valence electrons. The summed E-state index contributed by atoms with van der Waals surface area (Å²) in [6.45, 7) is 1.26. The lowest BCUT2D eigenvalue weighted by Crippen LogP contribution is -2.18. The monoisotopic (exact) mass is 190 g/mol. The van der Waals surface area contributed by atoms with Crippen LogP contribution in [0.5, 0.6) is 0 Å². The van der Waals surface area contributed by atoms with Crippen LogP contribution in [0.1, 0.15) is 13.3 Å². The SMILES string of the molecule is CCOC(=O)COC(=O)CC(=O)O. The van der Waals surface area contributed by atoms with Gasteiger partial charge in [0.25, 0.3) is 0 Å². The highest BCUT2D eigenvalue weighted by Crippen LogP contribution is 1.88. The van der Waals surface area contributed by atoms with Crippen LogP contribution in [0.2, 0.25) is 0 Å². The second kappa shape index (κ2) is 5.99. The first-order chi connectivity index (χ1) is 6.06. The molecule has 0 heterocycles. The van der Waals surface area contributed by atoms with Gasteiger partial charge in [-0.1, -0.05) is 0 Å². The Labute approximate surface area is 74.4 Å². The molecule has 0 aromatic rings. The number of ether oxygens (including phenoxy) is 2. The molecule has 0 aromatic heterocycles. The summed E-state index contributed by atoms with van der Waals surface area (Å²) >= 11 is 0. The van der Waals surface area contributed by atoms with Crippen molar-refractivity contribution in [1.29, 1.82) is 0 Å². The highest BCUT2D eigenvalue weighted by atomic mass is 16.6. The van der Waals surface area contributed by atoms with Crippen molar-refractivity contribution in [2.45, 2.75) is 13.3 Å². The van der Waals surface area contributed by atoms with Gasteiger partial charge in [-0.3, -0.25) is 9.59 Å². The predicted octanol–water partition coefficient (Wildman–Crippen LogP) is -0.433. The number of hydrogen-bond donors (Lipinski definition) is 1. The molecular formula is C7H10O6. The van der Waals surface area contributed by atoms with E-state index in [1.807, 2.05) is 0 Å². The topological polar surface area (TPSA) is 89.9 Å². The molecule has 0 saturated heterocycles. The third-order valence-corrected chi connectivity index (χ3v) is 0.952. The fourth-order valence-corrected chi connectivity index (χ4v) is 0.517. The molecule has 0 aliphatic heterocycles. The molecule has 0 aliphatic rings. The molecule has 13 heavy (non-hydrogen) atoms. The summed E-state index contributed by atoms with van der Waals surface area (Å²) in [6.07, 6.45) is -0.751. The fraction of sp³-hybridized carbons (Fsp3) is 0.571. The molecule has 0 atom stereocenters. The van der Waals surface area contributed by atoms with Crippen LogP contribution < -0.4 is 0 Å². The molecule has 0 radical (unpaired) electrons. The number of carboxylic acids is 1. The van der Waals surface area contributed by atoms with Crippen molar-refractivity contribution in [1.82, 2.24) is 0 Å². The molecule has 1 N–H and O–H groups in total. The molecule has 0 amide bonds. The zero-order valence-corrected chi connectivity index (χ0v) is 7.11. The zero-order valence-electron chi connectivity index (χ0n) is 7.11. The van der Waals surface area contributed by atoms with Crippen LogP contribution >= 0.6 is 0 Å². The van der Waals surface area contributed by atoms with Crippen molar-refractivity contribution < 1.29 is 29.0 Å². The lowest BCUT2D eigenvalue weighted by molar-refractivity contribution is -0.161. The van der Waals surface area contributed by atoms with Gasteiger partial charge in [0.05, 0.1) is 6.61 Å². The van der Waals surface area contributed by atoms with E-state index in [0.717, 1.165) is 0 Å². The first-order valence-corrected chi connectivity index (χ1v) is 3.59. The number of esters is 2. The number of rotatable bonds is 5. The van der Waals surface area contributed by atoms with E-state index < -0.39 is 30.9 Å². The van der Waals surface area contributed by atoms with E-state index in [0.29, 0.717) is 0 Å². The van der Waals surface area contributed by atoms with Crippen LogP contribution in [-0.2, 0) is 23.9 Å². The molecule has 0 bridgehead atoms. The summed E-state index contributed by atoms with van der Waals surface area (Å²) in [6, 6.07) is 0. The molecule has 0 spiro atoms. The summed E-state index contributed by atoms with van der Waals surface area (Å²) in [4.78, 5) is 31.1. The highest BCUT2D eigenvalue weighted by molar-refractivity contribution is 5.90. The van der Waals surface area contributed by atoms with Gasteiger partial charge >= 0.3 is 17.9 Å². The smallest absolute Gasteiger partial charge is 0.344 e. The normalized spacial score (nSPS) is 9.00. The number of aliphatic carboxylic acids is 1. The highest BCUT2D eigenvalue weighted by Gasteiger charge is 2.11. The van der Waals surface area contributed by atoms with Crippen LogP contribution in [0.3, 0.4) is 0 Å². The van der Waals surface area contributed by atoms with Crippen molar-refractivity contribution in [3.8, 4) is 0 Å². The first-order valence-electron chi connectivity index (χ1n) is 3.59. The molecule has 0 fully saturated rings. The summed E-state index contributed by atoms with van der Waals surface area (Å²) in [5.41, 5.74) is 0. The second-order valence-corrected chi connectivity index (χ2v) is 2.04. The van der Waals surface area contributed by atoms with Crippen molar-refractivity contribution in [3.05, 3.63) is 0 Å². The third kappa shape index (κ3) is 6.79.